The second-order valence-electron chi connectivity index (χ2n) is 3.72. The van der Waals surface area contributed by atoms with Crippen LogP contribution in [0, 0.1) is 0 Å². The summed E-state index contributed by atoms with van der Waals surface area (Å²) in [5.41, 5.74) is 0. The Morgan fingerprint density at radius 2 is 2.00 bits per heavy atom. The normalized spacial score (nSPS) is 27.5. The average Bonchev–Trinajstić information content (AvgIpc) is 2.16. The summed E-state index contributed by atoms with van der Waals surface area (Å²) in [5.74, 6) is 0.0155. The van der Waals surface area contributed by atoms with Crippen LogP contribution in [0.25, 0.3) is 0 Å². The molecular weight excluding hydrogens is 182 g/mol. The van der Waals surface area contributed by atoms with Gasteiger partial charge in [0, 0.05) is 27.0 Å². The molecule has 0 aromatic heterocycles. The number of carbonyl (C=O) groups excluding carboxylic acids is 2. The number of hydrogen-bond acceptors (Lipinski definition) is 3. The van der Waals surface area contributed by atoms with Gasteiger partial charge in [-0.3, -0.25) is 9.59 Å². The molecule has 0 unspecified atom stereocenters. The van der Waals surface area contributed by atoms with Gasteiger partial charge in [-0.05, 0) is 13.3 Å². The van der Waals surface area contributed by atoms with Crippen LogP contribution in [-0.2, 0) is 14.3 Å². The van der Waals surface area contributed by atoms with Gasteiger partial charge in [0.15, 0.2) is 5.78 Å². The van der Waals surface area contributed by atoms with E-state index in [1.807, 2.05) is 0 Å². The molecule has 0 aromatic carbocycles. The first kappa shape index (κ1) is 11.2. The van der Waals surface area contributed by atoms with Crippen molar-refractivity contribution in [1.29, 1.82) is 0 Å². The van der Waals surface area contributed by atoms with Crippen LogP contribution in [0.3, 0.4) is 0 Å². The van der Waals surface area contributed by atoms with Crippen molar-refractivity contribution in [2.75, 3.05) is 13.7 Å². The lowest BCUT2D eigenvalue weighted by Gasteiger charge is -2.37. The summed E-state index contributed by atoms with van der Waals surface area (Å²) in [5, 5.41) is 0. The van der Waals surface area contributed by atoms with Gasteiger partial charge in [-0.1, -0.05) is 0 Å². The molecule has 1 fully saturated rings. The van der Waals surface area contributed by atoms with Crippen molar-refractivity contribution in [2.45, 2.75) is 38.8 Å². The molecule has 4 heteroatoms. The number of amides is 1. The number of likely N-dealkylation sites (tertiary alicyclic amines) is 1. The van der Waals surface area contributed by atoms with Crippen LogP contribution in [0.5, 0.6) is 0 Å². The Morgan fingerprint density at radius 3 is 2.43 bits per heavy atom. The van der Waals surface area contributed by atoms with Gasteiger partial charge in [0.25, 0.3) is 0 Å². The minimum atomic E-state index is -0.286. The molecule has 2 atom stereocenters. The fourth-order valence-electron chi connectivity index (χ4n) is 1.91. The Bertz CT molecular complexity index is 240. The fourth-order valence-corrected chi connectivity index (χ4v) is 1.91. The first-order chi connectivity index (χ1) is 6.56. The highest BCUT2D eigenvalue weighted by Crippen LogP contribution is 2.20. The van der Waals surface area contributed by atoms with Crippen LogP contribution >= 0.6 is 0 Å². The second-order valence-corrected chi connectivity index (χ2v) is 3.72. The third-order valence-electron chi connectivity index (χ3n) is 2.76. The van der Waals surface area contributed by atoms with E-state index in [1.165, 1.54) is 13.8 Å². The molecular formula is C10H17NO3. The highest BCUT2D eigenvalue weighted by Gasteiger charge is 2.32. The van der Waals surface area contributed by atoms with Crippen LogP contribution in [-0.4, -0.2) is 42.4 Å². The van der Waals surface area contributed by atoms with Gasteiger partial charge in [0.05, 0.1) is 12.1 Å². The van der Waals surface area contributed by atoms with E-state index in [9.17, 15) is 9.59 Å². The summed E-state index contributed by atoms with van der Waals surface area (Å²) >= 11 is 0. The number of ketones is 1. The van der Waals surface area contributed by atoms with Gasteiger partial charge in [-0.25, -0.2) is 0 Å². The van der Waals surface area contributed by atoms with Crippen LogP contribution < -0.4 is 0 Å². The molecule has 0 spiro atoms. The standard InChI is InChI=1S/C10H17NO3/c1-7(12)10-6-9(14-3)4-5-11(10)8(2)13/h9-10H,4-6H2,1-3H3/t9-,10+/m1/s1. The molecule has 1 amide bonds. The number of nitrogens with zero attached hydrogens (tertiary/aromatic N) is 1. The van der Waals surface area contributed by atoms with E-state index >= 15 is 0 Å². The maximum atomic E-state index is 11.3. The molecule has 1 aliphatic heterocycles. The van der Waals surface area contributed by atoms with Gasteiger partial charge < -0.3 is 9.64 Å². The summed E-state index contributed by atoms with van der Waals surface area (Å²) in [7, 11) is 1.64. The molecule has 1 aliphatic rings. The van der Waals surface area contributed by atoms with Crippen molar-refractivity contribution in [1.82, 2.24) is 4.90 Å². The highest BCUT2D eigenvalue weighted by molar-refractivity contribution is 5.86. The molecule has 80 valence electrons. The van der Waals surface area contributed by atoms with Gasteiger partial charge in [-0.2, -0.15) is 0 Å². The Labute approximate surface area is 84.2 Å². The van der Waals surface area contributed by atoms with Crippen LogP contribution in [0.1, 0.15) is 26.7 Å². The zero-order chi connectivity index (χ0) is 10.7. The third-order valence-corrected chi connectivity index (χ3v) is 2.76. The zero-order valence-corrected chi connectivity index (χ0v) is 8.95. The SMILES string of the molecule is CO[C@@H]1CCN(C(C)=O)[C@H](C(C)=O)C1. The molecule has 14 heavy (non-hydrogen) atoms. The van der Waals surface area contributed by atoms with E-state index in [0.29, 0.717) is 13.0 Å². The molecule has 0 saturated carbocycles. The van der Waals surface area contributed by atoms with Crippen LogP contribution in [0.4, 0.5) is 0 Å². The number of methoxy groups -OCH3 is 1. The predicted molar refractivity (Wildman–Crippen MR) is 51.9 cm³/mol. The Morgan fingerprint density at radius 1 is 1.36 bits per heavy atom. The fraction of sp³-hybridized carbons (Fsp3) is 0.800. The van der Waals surface area contributed by atoms with Gasteiger partial charge in [-0.15, -0.1) is 0 Å². The van der Waals surface area contributed by atoms with Crippen LogP contribution in [0.15, 0.2) is 0 Å². The number of piperidine rings is 1. The minimum Gasteiger partial charge on any atom is -0.381 e. The predicted octanol–water partition coefficient (Wildman–Crippen LogP) is 0.601. The molecule has 1 saturated heterocycles. The molecule has 1 heterocycles. The van der Waals surface area contributed by atoms with Crippen molar-refractivity contribution < 1.29 is 14.3 Å². The number of rotatable bonds is 2. The lowest BCUT2D eigenvalue weighted by atomic mass is 9.96. The minimum absolute atomic E-state index is 0.0280. The van der Waals surface area contributed by atoms with Crippen molar-refractivity contribution in [3.05, 3.63) is 0 Å². The summed E-state index contributed by atoms with van der Waals surface area (Å²) in [6, 6.07) is -0.286. The van der Waals surface area contributed by atoms with Gasteiger partial charge in [0.1, 0.15) is 0 Å². The van der Waals surface area contributed by atoms with E-state index < -0.39 is 0 Å². The summed E-state index contributed by atoms with van der Waals surface area (Å²) < 4.78 is 5.21. The Kier molecular flexibility index (Phi) is 3.63. The quantitative estimate of drug-likeness (QED) is 0.654. The molecule has 1 rings (SSSR count). The van der Waals surface area contributed by atoms with E-state index in [-0.39, 0.29) is 23.8 Å². The van der Waals surface area contributed by atoms with Crippen molar-refractivity contribution in [3.8, 4) is 0 Å². The molecule has 4 nitrogen and oxygen atoms in total. The molecule has 0 radical (unpaired) electrons. The molecule has 0 bridgehead atoms. The van der Waals surface area contributed by atoms with Crippen molar-refractivity contribution in [3.63, 3.8) is 0 Å². The van der Waals surface area contributed by atoms with Crippen molar-refractivity contribution >= 4 is 11.7 Å². The largest absolute Gasteiger partial charge is 0.381 e. The highest BCUT2D eigenvalue weighted by atomic mass is 16.5. The van der Waals surface area contributed by atoms with Crippen molar-refractivity contribution in [2.24, 2.45) is 0 Å². The van der Waals surface area contributed by atoms with Gasteiger partial charge in [0.2, 0.25) is 5.91 Å². The lowest BCUT2D eigenvalue weighted by Crippen LogP contribution is -2.50. The Hall–Kier alpha value is -0.900. The smallest absolute Gasteiger partial charge is 0.220 e. The second kappa shape index (κ2) is 4.55. The van der Waals surface area contributed by atoms with E-state index in [0.717, 1.165) is 6.42 Å². The van der Waals surface area contributed by atoms with E-state index in [1.54, 1.807) is 12.0 Å². The summed E-state index contributed by atoms with van der Waals surface area (Å²) in [6.07, 6.45) is 1.56. The zero-order valence-electron chi connectivity index (χ0n) is 8.95. The number of ether oxygens (including phenoxy) is 1. The first-order valence-electron chi connectivity index (χ1n) is 4.86. The average molecular weight is 199 g/mol. The molecule has 0 N–H and O–H groups in total. The number of hydrogen-bond donors (Lipinski definition) is 0. The van der Waals surface area contributed by atoms with Gasteiger partial charge >= 0.3 is 0 Å². The molecule has 0 aliphatic carbocycles. The lowest BCUT2D eigenvalue weighted by molar-refractivity contribution is -0.141. The van der Waals surface area contributed by atoms with E-state index in [4.69, 9.17) is 4.74 Å². The third kappa shape index (κ3) is 2.32. The first-order valence-corrected chi connectivity index (χ1v) is 4.86. The summed E-state index contributed by atoms with van der Waals surface area (Å²) in [4.78, 5) is 24.2. The Balaban J connectivity index is 2.70. The maximum absolute atomic E-state index is 11.3. The van der Waals surface area contributed by atoms with E-state index in [2.05, 4.69) is 0 Å². The maximum Gasteiger partial charge on any atom is 0.220 e. The molecule has 0 aromatic rings. The monoisotopic (exact) mass is 199 g/mol. The van der Waals surface area contributed by atoms with Crippen LogP contribution in [0.2, 0.25) is 0 Å². The summed E-state index contributed by atoms with van der Waals surface area (Å²) in [6.45, 7) is 3.65. The topological polar surface area (TPSA) is 46.6 Å². The number of Topliss-reactive ketones (excluding diaryl/α,β-unsaturated/α-hetero) is 1. The number of carbonyl (C=O) groups is 2.